The van der Waals surface area contributed by atoms with Gasteiger partial charge in [0.25, 0.3) is 0 Å². The van der Waals surface area contributed by atoms with Gasteiger partial charge in [-0.3, -0.25) is 9.59 Å². The van der Waals surface area contributed by atoms with Gasteiger partial charge in [0.1, 0.15) is 5.82 Å². The Morgan fingerprint density at radius 2 is 1.95 bits per heavy atom. The number of alkyl halides is 3. The van der Waals surface area contributed by atoms with E-state index < -0.39 is 30.0 Å². The predicted octanol–water partition coefficient (Wildman–Crippen LogP) is 3.14. The van der Waals surface area contributed by atoms with Crippen LogP contribution < -0.4 is 0 Å². The Kier molecular flexibility index (Phi) is 3.36. The normalized spacial score (nSPS) is 11.8. The van der Waals surface area contributed by atoms with E-state index in [1.807, 2.05) is 0 Å². The molecule has 0 N–H and O–H groups in total. The molecule has 2 rings (SSSR count). The predicted molar refractivity (Wildman–Crippen MR) is 59.6 cm³/mol. The van der Waals surface area contributed by atoms with Gasteiger partial charge in [0, 0.05) is 0 Å². The van der Waals surface area contributed by atoms with Crippen LogP contribution in [0.2, 0.25) is 0 Å². The summed E-state index contributed by atoms with van der Waals surface area (Å²) in [5.41, 5.74) is 0.174. The van der Waals surface area contributed by atoms with Gasteiger partial charge in [-0.2, -0.15) is 13.2 Å². The molecular weight excluding hydrogens is 286 g/mol. The summed E-state index contributed by atoms with van der Waals surface area (Å²) in [5, 5.41) is -0.308. The maximum absolute atomic E-state index is 13.3. The minimum atomic E-state index is -5.06. The Bertz CT molecular complexity index is 662. The Balaban J connectivity index is 2.28. The van der Waals surface area contributed by atoms with Crippen molar-refractivity contribution >= 4 is 33.1 Å². The molecule has 0 aliphatic carbocycles. The van der Waals surface area contributed by atoms with Gasteiger partial charge in [-0.05, 0) is 12.1 Å². The van der Waals surface area contributed by atoms with E-state index in [9.17, 15) is 27.2 Å². The lowest BCUT2D eigenvalue weighted by Crippen LogP contribution is -2.25. The fourth-order valence-electron chi connectivity index (χ4n) is 1.36. The second-order valence-electron chi connectivity index (χ2n) is 3.63. The first kappa shape index (κ1) is 13.6. The Morgan fingerprint density at radius 1 is 1.26 bits per heavy atom. The molecule has 0 amide bonds. The van der Waals surface area contributed by atoms with Gasteiger partial charge in [-0.1, -0.05) is 6.07 Å². The lowest BCUT2D eigenvalue weighted by atomic mass is 10.2. The standard InChI is InChI=1S/C11H5F4NO2S/c12-5-2-1-3-6-9(5)19-10(16-6)7(17)4-8(18)11(13,14)15/h1-3H,4H2. The van der Waals surface area contributed by atoms with Crippen molar-refractivity contribution in [3.05, 3.63) is 29.0 Å². The highest BCUT2D eigenvalue weighted by Crippen LogP contribution is 2.26. The Labute approximate surface area is 107 Å². The van der Waals surface area contributed by atoms with Gasteiger partial charge >= 0.3 is 6.18 Å². The summed E-state index contributed by atoms with van der Waals surface area (Å²) in [6.07, 6.45) is -6.37. The summed E-state index contributed by atoms with van der Waals surface area (Å²) < 4.78 is 49.4. The molecule has 0 spiro atoms. The monoisotopic (exact) mass is 291 g/mol. The van der Waals surface area contributed by atoms with Crippen molar-refractivity contribution < 1.29 is 27.2 Å². The number of benzene rings is 1. The van der Waals surface area contributed by atoms with Crippen LogP contribution in [0.3, 0.4) is 0 Å². The molecule has 0 saturated heterocycles. The van der Waals surface area contributed by atoms with Crippen molar-refractivity contribution in [2.24, 2.45) is 0 Å². The van der Waals surface area contributed by atoms with E-state index in [2.05, 4.69) is 4.98 Å². The van der Waals surface area contributed by atoms with E-state index in [0.717, 1.165) is 6.07 Å². The average Bonchev–Trinajstić information content (AvgIpc) is 2.73. The number of carbonyl (C=O) groups is 2. The third-order valence-corrected chi connectivity index (χ3v) is 3.36. The number of carbonyl (C=O) groups excluding carboxylic acids is 2. The van der Waals surface area contributed by atoms with E-state index in [0.29, 0.717) is 11.3 Å². The lowest BCUT2D eigenvalue weighted by Gasteiger charge is -2.02. The van der Waals surface area contributed by atoms with Gasteiger partial charge in [-0.15, -0.1) is 11.3 Å². The second kappa shape index (κ2) is 4.69. The van der Waals surface area contributed by atoms with Crippen LogP contribution in [0.1, 0.15) is 16.2 Å². The number of Topliss-reactive ketones (excluding diaryl/α,β-unsaturated/α-hetero) is 2. The molecule has 1 aromatic carbocycles. The van der Waals surface area contributed by atoms with Crippen LogP contribution in [0.4, 0.5) is 17.6 Å². The van der Waals surface area contributed by atoms with E-state index in [1.54, 1.807) is 0 Å². The zero-order valence-corrected chi connectivity index (χ0v) is 9.94. The van der Waals surface area contributed by atoms with Gasteiger partial charge in [0.15, 0.2) is 10.8 Å². The third kappa shape index (κ3) is 2.78. The van der Waals surface area contributed by atoms with Gasteiger partial charge in [0.05, 0.1) is 16.6 Å². The molecule has 3 nitrogen and oxygen atoms in total. The summed E-state index contributed by atoms with van der Waals surface area (Å²) in [7, 11) is 0. The van der Waals surface area contributed by atoms with Gasteiger partial charge < -0.3 is 0 Å². The molecule has 8 heteroatoms. The molecular formula is C11H5F4NO2S. The van der Waals surface area contributed by atoms with Crippen LogP contribution in [-0.4, -0.2) is 22.7 Å². The van der Waals surface area contributed by atoms with Crippen molar-refractivity contribution in [2.75, 3.05) is 0 Å². The van der Waals surface area contributed by atoms with Crippen molar-refractivity contribution in [3.8, 4) is 0 Å². The van der Waals surface area contributed by atoms with E-state index in [-0.39, 0.29) is 15.2 Å². The Morgan fingerprint density at radius 3 is 2.53 bits per heavy atom. The largest absolute Gasteiger partial charge is 0.450 e. The topological polar surface area (TPSA) is 47.0 Å². The molecule has 0 fully saturated rings. The summed E-state index contributed by atoms with van der Waals surface area (Å²) in [6, 6.07) is 3.94. The summed E-state index contributed by atoms with van der Waals surface area (Å²) in [6.45, 7) is 0. The van der Waals surface area contributed by atoms with Crippen LogP contribution in [0, 0.1) is 5.82 Å². The molecule has 1 heterocycles. The van der Waals surface area contributed by atoms with Crippen LogP contribution in [0.5, 0.6) is 0 Å². The summed E-state index contributed by atoms with van der Waals surface area (Å²) in [5.74, 6) is -3.82. The van der Waals surface area contributed by atoms with Crippen LogP contribution in [0.15, 0.2) is 18.2 Å². The van der Waals surface area contributed by atoms with Gasteiger partial charge in [0.2, 0.25) is 5.78 Å². The van der Waals surface area contributed by atoms with Crippen molar-refractivity contribution in [1.29, 1.82) is 0 Å². The maximum Gasteiger partial charge on any atom is 0.450 e. The average molecular weight is 291 g/mol. The minimum absolute atomic E-state index is 0.0744. The molecule has 0 bridgehead atoms. The SMILES string of the molecule is O=C(CC(=O)C(F)(F)F)c1nc2cccc(F)c2s1. The molecule has 19 heavy (non-hydrogen) atoms. The molecule has 0 atom stereocenters. The zero-order chi connectivity index (χ0) is 14.2. The second-order valence-corrected chi connectivity index (χ2v) is 4.63. The number of hydrogen-bond donors (Lipinski definition) is 0. The molecule has 100 valence electrons. The zero-order valence-electron chi connectivity index (χ0n) is 9.12. The molecule has 0 aliphatic rings. The number of halogens is 4. The number of aromatic nitrogens is 1. The number of rotatable bonds is 3. The van der Waals surface area contributed by atoms with Gasteiger partial charge in [-0.25, -0.2) is 9.37 Å². The molecule has 2 aromatic rings. The molecule has 0 unspecified atom stereocenters. The number of thiazole rings is 1. The van der Waals surface area contributed by atoms with E-state index >= 15 is 0 Å². The van der Waals surface area contributed by atoms with E-state index in [1.165, 1.54) is 12.1 Å². The highest BCUT2D eigenvalue weighted by molar-refractivity contribution is 7.20. The number of nitrogens with zero attached hydrogens (tertiary/aromatic N) is 1. The maximum atomic E-state index is 13.3. The Hall–Kier alpha value is -1.83. The minimum Gasteiger partial charge on any atom is -0.291 e. The highest BCUT2D eigenvalue weighted by Gasteiger charge is 2.39. The number of hydrogen-bond acceptors (Lipinski definition) is 4. The lowest BCUT2D eigenvalue weighted by molar-refractivity contribution is -0.170. The first-order valence-corrected chi connectivity index (χ1v) is 5.79. The van der Waals surface area contributed by atoms with Crippen molar-refractivity contribution in [2.45, 2.75) is 12.6 Å². The fourth-order valence-corrected chi connectivity index (χ4v) is 2.26. The first-order valence-electron chi connectivity index (χ1n) is 4.97. The molecule has 0 saturated carbocycles. The third-order valence-electron chi connectivity index (χ3n) is 2.24. The van der Waals surface area contributed by atoms with Crippen LogP contribution in [0.25, 0.3) is 10.2 Å². The van der Waals surface area contributed by atoms with E-state index in [4.69, 9.17) is 0 Å². The van der Waals surface area contributed by atoms with Crippen LogP contribution >= 0.6 is 11.3 Å². The quantitative estimate of drug-likeness (QED) is 0.496. The smallest absolute Gasteiger partial charge is 0.291 e. The van der Waals surface area contributed by atoms with Crippen LogP contribution in [-0.2, 0) is 4.79 Å². The molecule has 1 aromatic heterocycles. The summed E-state index contributed by atoms with van der Waals surface area (Å²) >= 11 is 0.629. The summed E-state index contributed by atoms with van der Waals surface area (Å²) in [4.78, 5) is 25.9. The fraction of sp³-hybridized carbons (Fsp3) is 0.182. The van der Waals surface area contributed by atoms with Crippen molar-refractivity contribution in [3.63, 3.8) is 0 Å². The first-order chi connectivity index (χ1) is 8.79. The molecule has 0 aliphatic heterocycles. The highest BCUT2D eigenvalue weighted by atomic mass is 32.1. The number of fused-ring (bicyclic) bond motifs is 1. The molecule has 0 radical (unpaired) electrons. The number of ketones is 2. The van der Waals surface area contributed by atoms with Crippen molar-refractivity contribution in [1.82, 2.24) is 4.98 Å².